The van der Waals surface area contributed by atoms with Crippen LogP contribution in [0.2, 0.25) is 0 Å². The molecule has 0 spiro atoms. The van der Waals surface area contributed by atoms with E-state index in [4.69, 9.17) is 4.74 Å². The summed E-state index contributed by atoms with van der Waals surface area (Å²) in [5.74, 6) is -0.156. The summed E-state index contributed by atoms with van der Waals surface area (Å²) in [4.78, 5) is 3.49. The Bertz CT molecular complexity index is 580. The van der Waals surface area contributed by atoms with Crippen LogP contribution in [-0.2, 0) is 17.1 Å². The van der Waals surface area contributed by atoms with E-state index in [0.29, 0.717) is 0 Å². The molecule has 11 heteroatoms. The minimum Gasteiger partial charge on any atom is -0.480 e. The fraction of sp³-hybridized carbons (Fsp3) is 0.500. The number of hydrogen-bond donors (Lipinski definition) is 1. The number of nitrogens with zero attached hydrogens (tertiary/aromatic N) is 3. The first kappa shape index (κ1) is 15.3. The lowest BCUT2D eigenvalue weighted by Crippen LogP contribution is -2.26. The van der Waals surface area contributed by atoms with Gasteiger partial charge in [-0.25, -0.2) is 4.99 Å². The second kappa shape index (κ2) is 5.04. The summed E-state index contributed by atoms with van der Waals surface area (Å²) in [6.07, 6.45) is -9.94. The fourth-order valence-corrected chi connectivity index (χ4v) is 1.67. The van der Waals surface area contributed by atoms with Crippen LogP contribution in [0, 0.1) is 0 Å². The maximum atomic E-state index is 12.8. The van der Waals surface area contributed by atoms with E-state index < -0.39 is 35.1 Å². The average molecular weight is 314 g/mol. The minimum atomic E-state index is -4.99. The highest BCUT2D eigenvalue weighted by Gasteiger charge is 2.44. The summed E-state index contributed by atoms with van der Waals surface area (Å²) in [5, 5.41) is 7.47. The molecule has 116 valence electrons. The number of hydrogen-bond acceptors (Lipinski definition) is 5. The highest BCUT2D eigenvalue weighted by Crippen LogP contribution is 2.45. The van der Waals surface area contributed by atoms with Crippen molar-refractivity contribution in [2.45, 2.75) is 19.3 Å². The molecule has 0 bridgehead atoms. The van der Waals surface area contributed by atoms with Gasteiger partial charge in [0.15, 0.2) is 11.4 Å². The quantitative estimate of drug-likeness (QED) is 0.810. The maximum absolute atomic E-state index is 12.8. The Morgan fingerprint density at radius 2 is 1.62 bits per heavy atom. The standard InChI is InChI=1S/C10H8F6N4O/c1-2-21-4-3-17-5-6(18-4)8(10(14,15)16)20-19-7(5)9(11,12)13/h17H,2-3H2,1H3. The smallest absolute Gasteiger partial charge is 0.437 e. The molecule has 0 atom stereocenters. The Kier molecular flexibility index (Phi) is 3.68. The summed E-state index contributed by atoms with van der Waals surface area (Å²) in [5.41, 5.74) is -4.98. The van der Waals surface area contributed by atoms with E-state index >= 15 is 0 Å². The Labute approximate surface area is 114 Å². The number of ether oxygens (including phenoxy) is 1. The second-order valence-electron chi connectivity index (χ2n) is 3.91. The minimum absolute atomic E-state index is 0.113. The summed E-state index contributed by atoms with van der Waals surface area (Å²) >= 11 is 0. The van der Waals surface area contributed by atoms with Gasteiger partial charge in [-0.1, -0.05) is 0 Å². The van der Waals surface area contributed by atoms with Crippen molar-refractivity contribution < 1.29 is 31.1 Å². The van der Waals surface area contributed by atoms with Gasteiger partial charge in [-0.05, 0) is 6.92 Å². The Morgan fingerprint density at radius 1 is 1.05 bits per heavy atom. The number of halogens is 6. The molecule has 5 nitrogen and oxygen atoms in total. The monoisotopic (exact) mass is 314 g/mol. The van der Waals surface area contributed by atoms with Crippen LogP contribution in [0.25, 0.3) is 0 Å². The molecule has 1 aliphatic heterocycles. The number of aromatic nitrogens is 2. The van der Waals surface area contributed by atoms with E-state index in [2.05, 4.69) is 20.5 Å². The first-order chi connectivity index (χ1) is 9.64. The van der Waals surface area contributed by atoms with Crippen LogP contribution in [0.4, 0.5) is 37.7 Å². The molecule has 0 fully saturated rings. The first-order valence-electron chi connectivity index (χ1n) is 5.64. The van der Waals surface area contributed by atoms with Crippen LogP contribution >= 0.6 is 0 Å². The van der Waals surface area contributed by atoms with Crippen LogP contribution < -0.4 is 5.32 Å². The highest BCUT2D eigenvalue weighted by molar-refractivity contribution is 5.91. The molecule has 0 amide bonds. The zero-order valence-corrected chi connectivity index (χ0v) is 10.4. The molecule has 1 aromatic rings. The van der Waals surface area contributed by atoms with Crippen molar-refractivity contribution in [1.29, 1.82) is 0 Å². The molecule has 0 aliphatic carbocycles. The Balaban J connectivity index is 2.66. The molecule has 1 aromatic heterocycles. The molecule has 1 aliphatic rings. The van der Waals surface area contributed by atoms with E-state index in [1.165, 1.54) is 0 Å². The third-order valence-corrected chi connectivity index (χ3v) is 2.45. The Hall–Kier alpha value is -2.07. The fourth-order valence-electron chi connectivity index (χ4n) is 1.67. The third-order valence-electron chi connectivity index (χ3n) is 2.45. The predicted molar refractivity (Wildman–Crippen MR) is 59.2 cm³/mol. The SMILES string of the molecule is CCOC1=Nc2c(C(F)(F)F)nnc(C(F)(F)F)c2NC1. The molecular weight excluding hydrogens is 306 g/mol. The van der Waals surface area contributed by atoms with Crippen molar-refractivity contribution in [2.24, 2.45) is 4.99 Å². The lowest BCUT2D eigenvalue weighted by molar-refractivity contribution is -0.146. The zero-order chi connectivity index (χ0) is 15.8. The topological polar surface area (TPSA) is 59.4 Å². The van der Waals surface area contributed by atoms with Crippen LogP contribution in [0.1, 0.15) is 18.3 Å². The van der Waals surface area contributed by atoms with Crippen molar-refractivity contribution >= 4 is 17.3 Å². The van der Waals surface area contributed by atoms with Gasteiger partial charge in [-0.3, -0.25) is 0 Å². The van der Waals surface area contributed by atoms with Gasteiger partial charge in [0.1, 0.15) is 5.69 Å². The first-order valence-corrected chi connectivity index (χ1v) is 5.64. The number of rotatable bonds is 1. The van der Waals surface area contributed by atoms with Gasteiger partial charge in [-0.2, -0.15) is 26.3 Å². The van der Waals surface area contributed by atoms with Crippen molar-refractivity contribution in [3.8, 4) is 0 Å². The van der Waals surface area contributed by atoms with Crippen LogP contribution in [0.15, 0.2) is 4.99 Å². The van der Waals surface area contributed by atoms with Gasteiger partial charge in [0.05, 0.1) is 18.8 Å². The van der Waals surface area contributed by atoms with E-state index in [0.717, 1.165) is 0 Å². The third kappa shape index (κ3) is 3.00. The normalized spacial score (nSPS) is 15.1. The van der Waals surface area contributed by atoms with Crippen molar-refractivity contribution in [3.05, 3.63) is 11.4 Å². The molecule has 0 saturated heterocycles. The maximum Gasteiger partial charge on any atom is 0.437 e. The second-order valence-corrected chi connectivity index (χ2v) is 3.91. The van der Waals surface area contributed by atoms with Gasteiger partial charge in [0.2, 0.25) is 5.90 Å². The van der Waals surface area contributed by atoms with E-state index in [1.54, 1.807) is 6.92 Å². The molecule has 1 N–H and O–H groups in total. The molecule has 2 heterocycles. The predicted octanol–water partition coefficient (Wildman–Crippen LogP) is 3.01. The zero-order valence-electron chi connectivity index (χ0n) is 10.4. The van der Waals surface area contributed by atoms with Crippen molar-refractivity contribution in [3.63, 3.8) is 0 Å². The summed E-state index contributed by atoms with van der Waals surface area (Å²) in [6, 6.07) is 0. The summed E-state index contributed by atoms with van der Waals surface area (Å²) < 4.78 is 81.5. The Morgan fingerprint density at radius 3 is 2.14 bits per heavy atom. The molecule has 0 saturated carbocycles. The van der Waals surface area contributed by atoms with E-state index in [9.17, 15) is 26.3 Å². The van der Waals surface area contributed by atoms with Gasteiger partial charge in [0.25, 0.3) is 0 Å². The van der Waals surface area contributed by atoms with Crippen molar-refractivity contribution in [2.75, 3.05) is 18.5 Å². The molecule has 0 radical (unpaired) electrons. The highest BCUT2D eigenvalue weighted by atomic mass is 19.4. The number of nitrogens with one attached hydrogen (secondary N) is 1. The average Bonchev–Trinajstić information content (AvgIpc) is 2.35. The van der Waals surface area contributed by atoms with Gasteiger partial charge in [-0.15, -0.1) is 10.2 Å². The number of aliphatic imine (C=N–C) groups is 1. The summed E-state index contributed by atoms with van der Waals surface area (Å²) in [7, 11) is 0. The van der Waals surface area contributed by atoms with Gasteiger partial charge >= 0.3 is 12.4 Å². The van der Waals surface area contributed by atoms with Gasteiger partial charge in [0, 0.05) is 0 Å². The number of alkyl halides is 6. The van der Waals surface area contributed by atoms with Crippen LogP contribution in [0.3, 0.4) is 0 Å². The van der Waals surface area contributed by atoms with Crippen molar-refractivity contribution in [1.82, 2.24) is 10.2 Å². The molecule has 0 unspecified atom stereocenters. The lowest BCUT2D eigenvalue weighted by Gasteiger charge is -2.22. The molecular formula is C10H8F6N4O. The number of anilines is 1. The summed E-state index contributed by atoms with van der Waals surface area (Å²) in [6.45, 7) is 1.41. The van der Waals surface area contributed by atoms with Crippen LogP contribution in [-0.4, -0.2) is 29.2 Å². The number of fused-ring (bicyclic) bond motifs is 1. The van der Waals surface area contributed by atoms with Crippen LogP contribution in [0.5, 0.6) is 0 Å². The molecule has 2 rings (SSSR count). The lowest BCUT2D eigenvalue weighted by atomic mass is 10.2. The van der Waals surface area contributed by atoms with E-state index in [-0.39, 0.29) is 19.0 Å². The molecule has 21 heavy (non-hydrogen) atoms. The largest absolute Gasteiger partial charge is 0.480 e. The van der Waals surface area contributed by atoms with Gasteiger partial charge < -0.3 is 10.1 Å². The van der Waals surface area contributed by atoms with E-state index in [1.807, 2.05) is 0 Å². The molecule has 0 aromatic carbocycles.